The van der Waals surface area contributed by atoms with Crippen molar-refractivity contribution in [1.82, 2.24) is 0 Å². The second kappa shape index (κ2) is 13.1. The van der Waals surface area contributed by atoms with E-state index in [-0.39, 0.29) is 51.0 Å². The fourth-order valence-electron chi connectivity index (χ4n) is 6.58. The van der Waals surface area contributed by atoms with E-state index in [4.69, 9.17) is 18.9 Å². The molecular formula is C36H32O16. The number of Topliss-reactive ketones (excluding diaryl/α,β-unsaturated/α-hetero) is 1. The third kappa shape index (κ3) is 5.82. The molecule has 272 valence electrons. The van der Waals surface area contributed by atoms with Gasteiger partial charge >= 0.3 is 0 Å². The van der Waals surface area contributed by atoms with Gasteiger partial charge in [0.1, 0.15) is 88.2 Å². The standard InChI is InChI=1S/C36H32O16/c37-12-25-30(45)32(47)33(48)36(52-25)51-22-6-3-14(7-17(22)40)23-11-21(44)26-19(42)10-20(43)28(35(26)49-23)29-31(46)27-18(41)8-16(39)9-24(27)50-34(29)13-1-4-15(38)5-2-13/h1-11,21,25,29-30,32-34,36-45,47-48H,12H2/t21-,25-,29+,30-,32+,33-,34-,36-/m1/s1. The van der Waals surface area contributed by atoms with Crippen LogP contribution in [0.15, 0.2) is 66.7 Å². The minimum absolute atomic E-state index is 0.0999. The van der Waals surface area contributed by atoms with Crippen LogP contribution in [0.5, 0.6) is 51.7 Å². The van der Waals surface area contributed by atoms with Crippen LogP contribution in [0.25, 0.3) is 5.76 Å². The summed E-state index contributed by atoms with van der Waals surface area (Å²) in [5.41, 5.74) is -0.396. The van der Waals surface area contributed by atoms with Gasteiger partial charge in [-0.3, -0.25) is 4.79 Å². The first-order valence-corrected chi connectivity index (χ1v) is 15.8. The molecule has 1 fully saturated rings. The summed E-state index contributed by atoms with van der Waals surface area (Å²) in [4.78, 5) is 14.3. The minimum Gasteiger partial charge on any atom is -0.508 e. The molecule has 0 unspecified atom stereocenters. The number of fused-ring (bicyclic) bond motifs is 2. The lowest BCUT2D eigenvalue weighted by molar-refractivity contribution is -0.277. The van der Waals surface area contributed by atoms with Crippen molar-refractivity contribution in [2.75, 3.05) is 6.61 Å². The van der Waals surface area contributed by atoms with Crippen LogP contribution in [0.1, 0.15) is 50.7 Å². The molecule has 4 aromatic rings. The quantitative estimate of drug-likeness (QED) is 0.135. The maximum Gasteiger partial charge on any atom is 0.229 e. The molecule has 0 aromatic heterocycles. The third-order valence-corrected chi connectivity index (χ3v) is 9.15. The molecule has 16 nitrogen and oxygen atoms in total. The summed E-state index contributed by atoms with van der Waals surface area (Å²) in [6.07, 6.45) is -9.71. The van der Waals surface area contributed by atoms with Gasteiger partial charge < -0.3 is 75.1 Å². The van der Waals surface area contributed by atoms with E-state index in [1.165, 1.54) is 42.5 Å². The lowest BCUT2D eigenvalue weighted by Crippen LogP contribution is -2.60. The minimum atomic E-state index is -1.76. The molecule has 4 aromatic carbocycles. The van der Waals surface area contributed by atoms with Gasteiger partial charge in [0.2, 0.25) is 6.29 Å². The zero-order valence-electron chi connectivity index (χ0n) is 26.6. The van der Waals surface area contributed by atoms with Crippen molar-refractivity contribution in [2.24, 2.45) is 0 Å². The summed E-state index contributed by atoms with van der Waals surface area (Å²) in [6, 6.07) is 12.3. The van der Waals surface area contributed by atoms with E-state index in [2.05, 4.69) is 0 Å². The zero-order valence-corrected chi connectivity index (χ0v) is 26.6. The van der Waals surface area contributed by atoms with Crippen molar-refractivity contribution in [3.05, 3.63) is 94.6 Å². The van der Waals surface area contributed by atoms with Crippen LogP contribution in [-0.4, -0.2) is 99.3 Å². The molecule has 52 heavy (non-hydrogen) atoms. The summed E-state index contributed by atoms with van der Waals surface area (Å²) in [6.45, 7) is -0.705. The van der Waals surface area contributed by atoms with E-state index in [1.54, 1.807) is 0 Å². The lowest BCUT2D eigenvalue weighted by atomic mass is 9.78. The fourth-order valence-corrected chi connectivity index (χ4v) is 6.58. The Morgan fingerprint density at radius 2 is 1.42 bits per heavy atom. The second-order valence-corrected chi connectivity index (χ2v) is 12.5. The highest BCUT2D eigenvalue weighted by molar-refractivity contribution is 6.08. The van der Waals surface area contributed by atoms with Gasteiger partial charge in [-0.05, 0) is 42.0 Å². The Morgan fingerprint density at radius 3 is 2.12 bits per heavy atom. The number of carbonyl (C=O) groups excluding carboxylic acids is 1. The third-order valence-electron chi connectivity index (χ3n) is 9.15. The van der Waals surface area contributed by atoms with Crippen LogP contribution in [0.4, 0.5) is 0 Å². The smallest absolute Gasteiger partial charge is 0.229 e. The van der Waals surface area contributed by atoms with Crippen molar-refractivity contribution in [3.63, 3.8) is 0 Å². The van der Waals surface area contributed by atoms with Gasteiger partial charge in [0.05, 0.1) is 23.7 Å². The molecule has 3 heterocycles. The normalized spacial score (nSPS) is 26.7. The topological polar surface area (TPSA) is 277 Å². The Bertz CT molecular complexity index is 2080. The number of hydrogen-bond acceptors (Lipinski definition) is 16. The Morgan fingerprint density at radius 1 is 0.712 bits per heavy atom. The number of benzene rings is 4. The van der Waals surface area contributed by atoms with E-state index in [0.29, 0.717) is 5.56 Å². The number of hydrogen-bond donors (Lipinski definition) is 11. The number of aromatic hydroxyl groups is 6. The highest BCUT2D eigenvalue weighted by atomic mass is 16.7. The molecule has 0 radical (unpaired) electrons. The Hall–Kier alpha value is -5.75. The molecule has 0 aliphatic carbocycles. The Labute approximate surface area is 293 Å². The molecule has 16 heteroatoms. The Balaban J connectivity index is 1.28. The lowest BCUT2D eigenvalue weighted by Gasteiger charge is -2.39. The highest BCUT2D eigenvalue weighted by Crippen LogP contribution is 2.56. The van der Waals surface area contributed by atoms with Crippen LogP contribution < -0.4 is 14.2 Å². The van der Waals surface area contributed by atoms with E-state index in [1.807, 2.05) is 0 Å². The van der Waals surface area contributed by atoms with Crippen molar-refractivity contribution < 1.29 is 79.9 Å². The van der Waals surface area contributed by atoms with Crippen molar-refractivity contribution in [2.45, 2.75) is 48.8 Å². The van der Waals surface area contributed by atoms with Gasteiger partial charge in [-0.1, -0.05) is 12.1 Å². The van der Waals surface area contributed by atoms with Crippen molar-refractivity contribution >= 4 is 11.5 Å². The van der Waals surface area contributed by atoms with Gasteiger partial charge in [0, 0.05) is 23.8 Å². The van der Waals surface area contributed by atoms with E-state index < -0.39 is 90.0 Å². The molecular weight excluding hydrogens is 688 g/mol. The average molecular weight is 721 g/mol. The van der Waals surface area contributed by atoms with E-state index >= 15 is 0 Å². The van der Waals surface area contributed by atoms with Gasteiger partial charge in [0.25, 0.3) is 0 Å². The van der Waals surface area contributed by atoms with Crippen molar-refractivity contribution in [1.29, 1.82) is 0 Å². The SMILES string of the molecule is O=C1c2c(O)cc(O)cc2O[C@H](c2ccc(O)cc2)[C@H]1c1c(O)cc(O)c2c1OC(c1ccc(O[C@@H]3O[C@H](CO)[C@@H](O)[C@H](O)[C@H]3O)c(O)c1)=C[C@H]2O. The highest BCUT2D eigenvalue weighted by Gasteiger charge is 2.47. The van der Waals surface area contributed by atoms with Crippen LogP contribution in [-0.2, 0) is 4.74 Å². The predicted molar refractivity (Wildman–Crippen MR) is 174 cm³/mol. The van der Waals surface area contributed by atoms with E-state index in [0.717, 1.165) is 24.3 Å². The number of carbonyl (C=O) groups is 1. The van der Waals surface area contributed by atoms with Crippen LogP contribution in [0.2, 0.25) is 0 Å². The number of phenols is 6. The number of phenolic OH excluding ortho intramolecular Hbond substituents is 6. The number of ether oxygens (including phenoxy) is 4. The monoisotopic (exact) mass is 720 g/mol. The van der Waals surface area contributed by atoms with Gasteiger partial charge in [-0.25, -0.2) is 0 Å². The van der Waals surface area contributed by atoms with Gasteiger partial charge in [-0.2, -0.15) is 0 Å². The molecule has 7 rings (SSSR count). The molecule has 0 spiro atoms. The molecule has 3 aliphatic heterocycles. The van der Waals surface area contributed by atoms with Crippen LogP contribution in [0.3, 0.4) is 0 Å². The van der Waals surface area contributed by atoms with E-state index in [9.17, 15) is 61.0 Å². The summed E-state index contributed by atoms with van der Waals surface area (Å²) in [7, 11) is 0. The molecule has 11 N–H and O–H groups in total. The summed E-state index contributed by atoms with van der Waals surface area (Å²) < 4.78 is 23.2. The second-order valence-electron chi connectivity index (χ2n) is 12.5. The average Bonchev–Trinajstić information content (AvgIpc) is 3.09. The Kier molecular flexibility index (Phi) is 8.74. The zero-order chi connectivity index (χ0) is 37.2. The molecule has 0 bridgehead atoms. The summed E-state index contributed by atoms with van der Waals surface area (Å²) in [5.74, 6) is -6.12. The molecule has 8 atom stereocenters. The maximum atomic E-state index is 14.3. The van der Waals surface area contributed by atoms with Gasteiger partial charge in [-0.15, -0.1) is 0 Å². The number of aliphatic hydroxyl groups excluding tert-OH is 5. The molecule has 0 saturated carbocycles. The number of aliphatic hydroxyl groups is 5. The first kappa shape index (κ1) is 34.7. The number of ketones is 1. The molecule has 3 aliphatic rings. The summed E-state index contributed by atoms with van der Waals surface area (Å²) >= 11 is 0. The fraction of sp³-hybridized carbons (Fsp3) is 0.250. The van der Waals surface area contributed by atoms with Crippen LogP contribution in [0, 0.1) is 0 Å². The first-order valence-electron chi connectivity index (χ1n) is 15.8. The first-order chi connectivity index (χ1) is 24.8. The number of rotatable bonds is 6. The van der Waals surface area contributed by atoms with Crippen molar-refractivity contribution in [3.8, 4) is 51.7 Å². The van der Waals surface area contributed by atoms with Crippen LogP contribution >= 0.6 is 0 Å². The molecule has 0 amide bonds. The largest absolute Gasteiger partial charge is 0.508 e. The molecule has 1 saturated heterocycles. The van der Waals surface area contributed by atoms with Gasteiger partial charge in [0.15, 0.2) is 17.3 Å². The maximum absolute atomic E-state index is 14.3. The predicted octanol–water partition coefficient (Wildman–Crippen LogP) is 1.67. The summed E-state index contributed by atoms with van der Waals surface area (Å²) in [5, 5.41) is 115.